The molecule has 0 N–H and O–H groups in total. The monoisotopic (exact) mass is 560 g/mol. The standard InChI is InChI=1S/C34H49F3NO2/c1-5-6-7-8-9-10-11-12-13-14-15-16-17-18-31-30-25-33(40-4)32(39-3)24-27(30)23-26(2)38(31)29-21-19-28(20-22-29)34(35,36)37/h19-22,24-26H,5-18,23H2,1-4H3/q+1. The summed E-state index contributed by atoms with van der Waals surface area (Å²) in [4.78, 5) is 0. The minimum absolute atomic E-state index is 0.110. The number of fused-ring (bicyclic) bond motifs is 1. The van der Waals surface area contributed by atoms with Crippen LogP contribution in [0.5, 0.6) is 11.5 Å². The third-order valence-corrected chi connectivity index (χ3v) is 8.16. The van der Waals surface area contributed by atoms with Crippen molar-refractivity contribution in [3.05, 3.63) is 53.1 Å². The molecule has 2 aromatic rings. The Kier molecular flexibility index (Phi) is 12.9. The van der Waals surface area contributed by atoms with E-state index in [9.17, 15) is 13.2 Å². The first-order valence-electron chi connectivity index (χ1n) is 15.4. The van der Waals surface area contributed by atoms with Crippen molar-refractivity contribution in [3.8, 4) is 11.5 Å². The minimum Gasteiger partial charge on any atom is -0.493 e. The van der Waals surface area contributed by atoms with Gasteiger partial charge in [0.1, 0.15) is 0 Å². The van der Waals surface area contributed by atoms with Crippen LogP contribution in [-0.2, 0) is 12.6 Å². The Bertz CT molecular complexity index is 1080. The van der Waals surface area contributed by atoms with E-state index in [0.29, 0.717) is 11.5 Å². The van der Waals surface area contributed by atoms with Gasteiger partial charge in [0.2, 0.25) is 5.69 Å². The van der Waals surface area contributed by atoms with Gasteiger partial charge in [-0.1, -0.05) is 84.0 Å². The van der Waals surface area contributed by atoms with Crippen molar-refractivity contribution < 1.29 is 27.2 Å². The molecule has 3 rings (SSSR count). The van der Waals surface area contributed by atoms with E-state index in [2.05, 4.69) is 24.5 Å². The summed E-state index contributed by atoms with van der Waals surface area (Å²) < 4.78 is 53.1. The van der Waals surface area contributed by atoms with Crippen LogP contribution in [0.25, 0.3) is 0 Å². The number of halogens is 3. The summed E-state index contributed by atoms with van der Waals surface area (Å²) in [5.41, 5.74) is 3.63. The number of hydrogen-bond donors (Lipinski definition) is 0. The quantitative estimate of drug-likeness (QED) is 0.142. The highest BCUT2D eigenvalue weighted by Gasteiger charge is 2.35. The van der Waals surface area contributed by atoms with Crippen molar-refractivity contribution in [1.82, 2.24) is 0 Å². The molecule has 0 fully saturated rings. The Balaban J connectivity index is 1.67. The average Bonchev–Trinajstić information content (AvgIpc) is 2.94. The molecule has 0 saturated carbocycles. The van der Waals surface area contributed by atoms with Crippen LogP contribution in [0.4, 0.5) is 18.9 Å². The molecular formula is C34H49F3NO2+. The summed E-state index contributed by atoms with van der Waals surface area (Å²) >= 11 is 0. The third-order valence-electron chi connectivity index (χ3n) is 8.16. The highest BCUT2D eigenvalue weighted by Crippen LogP contribution is 2.37. The molecule has 0 aromatic heterocycles. The lowest BCUT2D eigenvalue weighted by Crippen LogP contribution is -2.34. The van der Waals surface area contributed by atoms with Crippen molar-refractivity contribution >= 4 is 11.4 Å². The first kappa shape index (κ1) is 32.0. The van der Waals surface area contributed by atoms with Gasteiger partial charge < -0.3 is 9.47 Å². The maximum Gasteiger partial charge on any atom is 0.416 e. The van der Waals surface area contributed by atoms with E-state index in [4.69, 9.17) is 9.47 Å². The van der Waals surface area contributed by atoms with E-state index in [1.54, 1.807) is 26.4 Å². The molecule has 0 saturated heterocycles. The molecule has 2 aromatic carbocycles. The number of methoxy groups -OCH3 is 2. The molecule has 0 radical (unpaired) electrons. The average molecular weight is 561 g/mol. The molecule has 0 amide bonds. The van der Waals surface area contributed by atoms with Gasteiger partial charge in [-0.05, 0) is 43.2 Å². The van der Waals surface area contributed by atoms with Crippen molar-refractivity contribution in [3.63, 3.8) is 0 Å². The summed E-state index contributed by atoms with van der Waals surface area (Å²) in [5.74, 6) is 1.38. The van der Waals surface area contributed by atoms with Gasteiger partial charge in [-0.25, -0.2) is 0 Å². The SMILES string of the molecule is CCCCCCCCCCCCCCCC1=[N+](c2ccc(C(F)(F)F)cc2)C(C)Cc2cc(OC)c(OC)cc21. The van der Waals surface area contributed by atoms with Gasteiger partial charge in [0, 0.05) is 30.5 Å². The fourth-order valence-corrected chi connectivity index (χ4v) is 5.95. The zero-order valence-electron chi connectivity index (χ0n) is 25.0. The second kappa shape index (κ2) is 16.1. The van der Waals surface area contributed by atoms with E-state index < -0.39 is 11.7 Å². The molecule has 1 heterocycles. The highest BCUT2D eigenvalue weighted by atomic mass is 19.4. The normalized spacial score (nSPS) is 15.3. The van der Waals surface area contributed by atoms with Crippen LogP contribution >= 0.6 is 0 Å². The topological polar surface area (TPSA) is 21.5 Å². The second-order valence-corrected chi connectivity index (χ2v) is 11.3. The molecule has 1 unspecified atom stereocenters. The van der Waals surface area contributed by atoms with Crippen molar-refractivity contribution in [2.75, 3.05) is 14.2 Å². The Morgan fingerprint density at radius 2 is 1.25 bits per heavy atom. The number of alkyl halides is 3. The first-order chi connectivity index (χ1) is 19.3. The number of nitrogens with zero attached hydrogens (tertiary/aromatic N) is 1. The summed E-state index contributed by atoms with van der Waals surface area (Å²) in [7, 11) is 3.28. The lowest BCUT2D eigenvalue weighted by molar-refractivity contribution is -0.483. The smallest absolute Gasteiger partial charge is 0.416 e. The lowest BCUT2D eigenvalue weighted by Gasteiger charge is -2.25. The fraction of sp³-hybridized carbons (Fsp3) is 0.618. The van der Waals surface area contributed by atoms with Gasteiger partial charge in [-0.2, -0.15) is 17.7 Å². The fourth-order valence-electron chi connectivity index (χ4n) is 5.95. The maximum absolute atomic E-state index is 13.2. The minimum atomic E-state index is -4.34. The van der Waals surface area contributed by atoms with Crippen molar-refractivity contribution in [1.29, 1.82) is 0 Å². The molecular weight excluding hydrogens is 511 g/mol. The van der Waals surface area contributed by atoms with Gasteiger partial charge in [-0.3, -0.25) is 0 Å². The van der Waals surface area contributed by atoms with E-state index in [1.807, 2.05) is 6.07 Å². The van der Waals surface area contributed by atoms with Crippen molar-refractivity contribution in [2.24, 2.45) is 0 Å². The Hall–Kier alpha value is -2.50. The van der Waals surface area contributed by atoms with Crippen LogP contribution in [0.2, 0.25) is 0 Å². The largest absolute Gasteiger partial charge is 0.493 e. The predicted molar refractivity (Wildman–Crippen MR) is 158 cm³/mol. The van der Waals surface area contributed by atoms with Crippen LogP contribution < -0.4 is 9.47 Å². The van der Waals surface area contributed by atoms with Crippen LogP contribution in [0.15, 0.2) is 36.4 Å². The summed E-state index contributed by atoms with van der Waals surface area (Å²) in [5, 5.41) is 0. The Labute approximate surface area is 239 Å². The van der Waals surface area contributed by atoms with Crippen molar-refractivity contribution in [2.45, 2.75) is 122 Å². The molecule has 222 valence electrons. The zero-order chi connectivity index (χ0) is 29.0. The Morgan fingerprint density at radius 1 is 0.750 bits per heavy atom. The Morgan fingerprint density at radius 3 is 1.75 bits per heavy atom. The van der Waals surface area contributed by atoms with E-state index in [-0.39, 0.29) is 6.04 Å². The van der Waals surface area contributed by atoms with Crippen LogP contribution in [-0.4, -0.2) is 30.5 Å². The van der Waals surface area contributed by atoms with Crippen LogP contribution in [0, 0.1) is 0 Å². The van der Waals surface area contributed by atoms with Crippen LogP contribution in [0.1, 0.15) is 120 Å². The predicted octanol–water partition coefficient (Wildman–Crippen LogP) is 10.3. The summed E-state index contributed by atoms with van der Waals surface area (Å²) in [6.45, 7) is 4.40. The highest BCUT2D eigenvalue weighted by molar-refractivity contribution is 6.00. The zero-order valence-corrected chi connectivity index (χ0v) is 25.0. The number of benzene rings is 2. The molecule has 3 nitrogen and oxygen atoms in total. The van der Waals surface area contributed by atoms with Gasteiger partial charge >= 0.3 is 6.18 Å². The molecule has 0 bridgehead atoms. The number of ether oxygens (including phenoxy) is 2. The number of hydrogen-bond acceptors (Lipinski definition) is 2. The van der Waals surface area contributed by atoms with Crippen LogP contribution in [0.3, 0.4) is 0 Å². The number of rotatable bonds is 17. The summed E-state index contributed by atoms with van der Waals surface area (Å²) in [6.07, 6.45) is 14.2. The molecule has 1 aliphatic heterocycles. The maximum atomic E-state index is 13.2. The summed E-state index contributed by atoms with van der Waals surface area (Å²) in [6, 6.07) is 9.79. The molecule has 6 heteroatoms. The molecule has 0 spiro atoms. The van der Waals surface area contributed by atoms with E-state index >= 15 is 0 Å². The number of unbranched alkanes of at least 4 members (excludes halogenated alkanes) is 12. The van der Waals surface area contributed by atoms with Gasteiger partial charge in [0.05, 0.1) is 19.8 Å². The van der Waals surface area contributed by atoms with Gasteiger partial charge in [0.25, 0.3) is 0 Å². The second-order valence-electron chi connectivity index (χ2n) is 11.3. The van der Waals surface area contributed by atoms with E-state index in [1.165, 1.54) is 88.3 Å². The van der Waals surface area contributed by atoms with E-state index in [0.717, 1.165) is 42.6 Å². The molecule has 1 atom stereocenters. The molecule has 0 aliphatic carbocycles. The van der Waals surface area contributed by atoms with Gasteiger partial charge in [0.15, 0.2) is 23.3 Å². The molecule has 40 heavy (non-hydrogen) atoms. The molecule has 1 aliphatic rings. The van der Waals surface area contributed by atoms with Gasteiger partial charge in [-0.15, -0.1) is 0 Å². The lowest BCUT2D eigenvalue weighted by atomic mass is 9.89. The first-order valence-corrected chi connectivity index (χ1v) is 15.4. The third kappa shape index (κ3) is 9.01.